The molecule has 0 radical (unpaired) electrons. The molecule has 2 heterocycles. The number of fused-ring (bicyclic) bond motifs is 1. The lowest BCUT2D eigenvalue weighted by molar-refractivity contribution is -0.137. The number of halogens is 3. The van der Waals surface area contributed by atoms with E-state index >= 15 is 0 Å². The lowest BCUT2D eigenvalue weighted by Gasteiger charge is -2.29. The van der Waals surface area contributed by atoms with Crippen LogP contribution >= 0.6 is 8.20 Å². The Bertz CT molecular complexity index is 675. The van der Waals surface area contributed by atoms with E-state index < -0.39 is 11.7 Å². The average Bonchev–Trinajstić information content (AvgIpc) is 2.90. The predicted octanol–water partition coefficient (Wildman–Crippen LogP) is 4.36. The lowest BCUT2D eigenvalue weighted by Crippen LogP contribution is -2.32. The van der Waals surface area contributed by atoms with Gasteiger partial charge in [0.1, 0.15) is 0 Å². The topological polar surface area (TPSA) is 29.3 Å². The molecule has 0 saturated carbocycles. The molecule has 22 heavy (non-hydrogen) atoms. The number of hydrogen-bond acceptors (Lipinski definition) is 3. The second kappa shape index (κ2) is 6.01. The molecule has 7 heteroatoms. The Hall–Kier alpha value is -1.39. The van der Waals surface area contributed by atoms with Gasteiger partial charge in [0.2, 0.25) is 0 Å². The number of hydrogen-bond donors (Lipinski definition) is 0. The number of benzene rings is 1. The zero-order valence-electron chi connectivity index (χ0n) is 11.9. The first kappa shape index (κ1) is 15.5. The van der Waals surface area contributed by atoms with E-state index in [2.05, 4.69) is 16.4 Å². The summed E-state index contributed by atoms with van der Waals surface area (Å²) in [6.07, 6.45) is 2.31. The van der Waals surface area contributed by atoms with Crippen molar-refractivity contribution < 1.29 is 17.7 Å². The second-order valence-electron chi connectivity index (χ2n) is 5.53. The third-order valence-electron chi connectivity index (χ3n) is 4.10. The van der Waals surface area contributed by atoms with Crippen LogP contribution in [0.4, 0.5) is 13.2 Å². The van der Waals surface area contributed by atoms with Gasteiger partial charge in [0.05, 0.1) is 11.3 Å². The first-order valence-electron chi connectivity index (χ1n) is 7.10. The van der Waals surface area contributed by atoms with Crippen LogP contribution in [0.15, 0.2) is 22.7 Å². The molecular weight excluding hydrogens is 312 g/mol. The zero-order valence-corrected chi connectivity index (χ0v) is 12.8. The van der Waals surface area contributed by atoms with Crippen LogP contribution in [0.1, 0.15) is 30.0 Å². The average molecular weight is 328 g/mol. The molecule has 3 nitrogen and oxygen atoms in total. The van der Waals surface area contributed by atoms with Crippen molar-refractivity contribution in [1.82, 2.24) is 10.1 Å². The third kappa shape index (κ3) is 3.03. The van der Waals surface area contributed by atoms with Gasteiger partial charge in [-0.2, -0.15) is 13.2 Å². The van der Waals surface area contributed by atoms with Crippen molar-refractivity contribution in [2.45, 2.75) is 24.9 Å². The van der Waals surface area contributed by atoms with E-state index in [1.807, 2.05) is 0 Å². The van der Waals surface area contributed by atoms with Crippen LogP contribution < -0.4 is 0 Å². The van der Waals surface area contributed by atoms with Crippen LogP contribution in [0.25, 0.3) is 11.0 Å². The summed E-state index contributed by atoms with van der Waals surface area (Å²) in [6.45, 7) is 1.92. The van der Waals surface area contributed by atoms with Crippen LogP contribution in [0.2, 0.25) is 0 Å². The summed E-state index contributed by atoms with van der Waals surface area (Å²) in [7, 11) is 1.11. The van der Waals surface area contributed by atoms with Crippen molar-refractivity contribution in [3.8, 4) is 0 Å². The number of likely N-dealkylation sites (tertiary alicyclic amines) is 1. The van der Waals surface area contributed by atoms with Crippen LogP contribution in [0, 0.1) is 0 Å². The Morgan fingerprint density at radius 3 is 2.68 bits per heavy atom. The molecule has 1 aromatic heterocycles. The van der Waals surface area contributed by atoms with E-state index in [4.69, 9.17) is 4.52 Å². The molecule has 0 unspecified atom stereocenters. The lowest BCUT2D eigenvalue weighted by atomic mass is 9.91. The monoisotopic (exact) mass is 328 g/mol. The second-order valence-corrected chi connectivity index (χ2v) is 6.26. The SMILES string of the molecule is C=PCN1CCC(c2noc3cc(C(F)(F)F)ccc23)CC1. The zero-order chi connectivity index (χ0) is 15.7. The number of piperidine rings is 1. The van der Waals surface area contributed by atoms with Gasteiger partial charge in [0, 0.05) is 17.6 Å². The largest absolute Gasteiger partial charge is 0.416 e. The van der Waals surface area contributed by atoms with Crippen LogP contribution in [0.5, 0.6) is 0 Å². The van der Waals surface area contributed by atoms with E-state index in [0.29, 0.717) is 5.39 Å². The van der Waals surface area contributed by atoms with Gasteiger partial charge in [-0.1, -0.05) is 19.7 Å². The first-order valence-corrected chi connectivity index (χ1v) is 8.37. The maximum atomic E-state index is 12.7. The summed E-state index contributed by atoms with van der Waals surface area (Å²) in [4.78, 5) is 2.34. The van der Waals surface area contributed by atoms with Gasteiger partial charge in [0.25, 0.3) is 0 Å². The number of aromatic nitrogens is 1. The molecule has 0 atom stereocenters. The maximum absolute atomic E-state index is 12.7. The van der Waals surface area contributed by atoms with Gasteiger partial charge in [-0.25, -0.2) is 0 Å². The molecule has 1 fully saturated rings. The molecule has 3 rings (SSSR count). The normalized spacial score (nSPS) is 18.3. The van der Waals surface area contributed by atoms with Gasteiger partial charge in [0.15, 0.2) is 5.58 Å². The summed E-state index contributed by atoms with van der Waals surface area (Å²) in [6, 6.07) is 3.60. The van der Waals surface area contributed by atoms with E-state index in [1.54, 1.807) is 0 Å². The summed E-state index contributed by atoms with van der Waals surface area (Å²) in [5.41, 5.74) is 0.297. The highest BCUT2D eigenvalue weighted by Crippen LogP contribution is 2.36. The Kier molecular flexibility index (Phi) is 4.24. The molecule has 2 aromatic rings. The Morgan fingerprint density at radius 1 is 1.32 bits per heavy atom. The summed E-state index contributed by atoms with van der Waals surface area (Å²) >= 11 is 0. The molecule has 118 valence electrons. The minimum absolute atomic E-state index is 0.212. The smallest absolute Gasteiger partial charge is 0.356 e. The van der Waals surface area contributed by atoms with Gasteiger partial charge in [-0.15, -0.1) is 0 Å². The summed E-state index contributed by atoms with van der Waals surface area (Å²) in [5, 5.41) is 4.73. The van der Waals surface area contributed by atoms with Crippen LogP contribution in [-0.4, -0.2) is 35.7 Å². The third-order valence-corrected chi connectivity index (χ3v) is 4.70. The number of nitrogens with zero attached hydrogens (tertiary/aromatic N) is 2. The molecule has 0 aliphatic carbocycles. The highest BCUT2D eigenvalue weighted by atomic mass is 31.1. The van der Waals surface area contributed by atoms with E-state index in [9.17, 15) is 13.2 Å². The van der Waals surface area contributed by atoms with Crippen molar-refractivity contribution in [2.75, 3.05) is 19.4 Å². The fourth-order valence-corrected chi connectivity index (χ4v) is 3.48. The van der Waals surface area contributed by atoms with Crippen LogP contribution in [-0.2, 0) is 6.18 Å². The number of alkyl halides is 3. The molecule has 1 aliphatic heterocycles. The number of rotatable bonds is 3. The highest BCUT2D eigenvalue weighted by molar-refractivity contribution is 7.36. The van der Waals surface area contributed by atoms with Crippen molar-refractivity contribution in [3.05, 3.63) is 29.5 Å². The highest BCUT2D eigenvalue weighted by Gasteiger charge is 2.32. The Balaban J connectivity index is 1.82. The van der Waals surface area contributed by atoms with Gasteiger partial charge in [-0.05, 0) is 44.1 Å². The van der Waals surface area contributed by atoms with E-state index in [1.165, 1.54) is 6.07 Å². The maximum Gasteiger partial charge on any atom is 0.416 e. The quantitative estimate of drug-likeness (QED) is 0.784. The predicted molar refractivity (Wildman–Crippen MR) is 81.5 cm³/mol. The van der Waals surface area contributed by atoms with Gasteiger partial charge < -0.3 is 4.52 Å². The minimum atomic E-state index is -4.36. The fourth-order valence-electron chi connectivity index (χ4n) is 2.92. The molecule has 1 aromatic carbocycles. The molecule has 0 spiro atoms. The fraction of sp³-hybridized carbons (Fsp3) is 0.467. The van der Waals surface area contributed by atoms with Crippen molar-refractivity contribution >= 4 is 25.5 Å². The van der Waals surface area contributed by atoms with E-state index in [0.717, 1.165) is 58.2 Å². The van der Waals surface area contributed by atoms with Crippen molar-refractivity contribution in [1.29, 1.82) is 0 Å². The molecule has 0 amide bonds. The Labute approximate surface area is 127 Å². The summed E-state index contributed by atoms with van der Waals surface area (Å²) in [5.74, 6) is 0.246. The first-order chi connectivity index (χ1) is 10.5. The van der Waals surface area contributed by atoms with Crippen molar-refractivity contribution in [3.63, 3.8) is 0 Å². The summed E-state index contributed by atoms with van der Waals surface area (Å²) < 4.78 is 43.3. The van der Waals surface area contributed by atoms with Crippen LogP contribution in [0.3, 0.4) is 0 Å². The molecule has 0 bridgehead atoms. The molecule has 0 N–H and O–H groups in total. The molecular formula is C15H16F3N2OP. The standard InChI is InChI=1S/C15H16F3N2OP/c1-22-9-20-6-4-10(5-7-20)14-12-3-2-11(15(16,17)18)8-13(12)21-19-14/h2-3,8,10H,1,4-7,9H2. The van der Waals surface area contributed by atoms with Gasteiger partial charge in [-0.3, -0.25) is 4.90 Å². The molecule has 1 saturated heterocycles. The minimum Gasteiger partial charge on any atom is -0.356 e. The molecule has 1 aliphatic rings. The van der Waals surface area contributed by atoms with E-state index in [-0.39, 0.29) is 11.5 Å². The van der Waals surface area contributed by atoms with Gasteiger partial charge >= 0.3 is 6.18 Å². The van der Waals surface area contributed by atoms with Crippen molar-refractivity contribution in [2.24, 2.45) is 0 Å². The Morgan fingerprint density at radius 2 is 2.05 bits per heavy atom.